The van der Waals surface area contributed by atoms with Crippen molar-refractivity contribution in [1.29, 1.82) is 0 Å². The average molecular weight is 355 g/mol. The van der Waals surface area contributed by atoms with Crippen molar-refractivity contribution in [1.82, 2.24) is 0 Å². The van der Waals surface area contributed by atoms with Gasteiger partial charge in [0.25, 0.3) is 0 Å². The van der Waals surface area contributed by atoms with Crippen molar-refractivity contribution in [2.75, 3.05) is 0 Å². The van der Waals surface area contributed by atoms with Gasteiger partial charge in [-0.25, -0.2) is 4.39 Å². The summed E-state index contributed by atoms with van der Waals surface area (Å²) in [4.78, 5) is 0. The minimum absolute atomic E-state index is 0.203. The van der Waals surface area contributed by atoms with E-state index in [-0.39, 0.29) is 11.9 Å². The Balaban J connectivity index is 2.44. The van der Waals surface area contributed by atoms with Gasteiger partial charge in [0.05, 0.1) is 6.04 Å². The Bertz CT molecular complexity index is 581. The van der Waals surface area contributed by atoms with Crippen molar-refractivity contribution in [3.05, 3.63) is 68.0 Å². The molecule has 0 radical (unpaired) electrons. The van der Waals surface area contributed by atoms with Crippen LogP contribution in [0.3, 0.4) is 0 Å². The van der Waals surface area contributed by atoms with Gasteiger partial charge in [-0.15, -0.1) is 0 Å². The molecular weight excluding hydrogens is 340 g/mol. The molecule has 0 fully saturated rings. The summed E-state index contributed by atoms with van der Waals surface area (Å²) in [6.45, 7) is 3.80. The molecule has 2 N–H and O–H groups in total. The average Bonchev–Trinajstić information content (AvgIpc) is 2.35. The van der Waals surface area contributed by atoms with Gasteiger partial charge >= 0.3 is 0 Å². The first kappa shape index (κ1) is 13.5. The number of benzene rings is 2. The predicted octanol–water partition coefficient (Wildman–Crippen LogP) is 4.10. The summed E-state index contributed by atoms with van der Waals surface area (Å²) >= 11 is 2.29. The number of hydrogen-bond donors (Lipinski definition) is 1. The first-order valence-corrected chi connectivity index (χ1v) is 6.85. The Morgan fingerprint density at radius 1 is 1.11 bits per heavy atom. The van der Waals surface area contributed by atoms with Crippen LogP contribution in [0.1, 0.15) is 28.3 Å². The summed E-state index contributed by atoms with van der Waals surface area (Å²) in [6, 6.07) is 10.9. The fraction of sp³-hybridized carbons (Fsp3) is 0.200. The van der Waals surface area contributed by atoms with Crippen LogP contribution in [-0.2, 0) is 0 Å². The summed E-state index contributed by atoms with van der Waals surface area (Å²) in [5, 5.41) is 0. The van der Waals surface area contributed by atoms with Crippen LogP contribution < -0.4 is 5.73 Å². The van der Waals surface area contributed by atoms with Gasteiger partial charge in [-0.1, -0.05) is 30.3 Å². The third kappa shape index (κ3) is 2.57. The number of nitrogens with two attached hydrogens (primary N) is 1. The van der Waals surface area contributed by atoms with Crippen LogP contribution in [0.5, 0.6) is 0 Å². The molecule has 2 aromatic rings. The van der Waals surface area contributed by atoms with E-state index in [1.165, 1.54) is 11.6 Å². The van der Waals surface area contributed by atoms with Crippen molar-refractivity contribution in [3.8, 4) is 0 Å². The topological polar surface area (TPSA) is 26.0 Å². The van der Waals surface area contributed by atoms with E-state index in [9.17, 15) is 4.39 Å². The van der Waals surface area contributed by atoms with E-state index in [2.05, 4.69) is 22.6 Å². The summed E-state index contributed by atoms with van der Waals surface area (Å²) in [7, 11) is 0. The number of hydrogen-bond acceptors (Lipinski definition) is 1. The maximum absolute atomic E-state index is 13.6. The molecule has 0 spiro atoms. The van der Waals surface area contributed by atoms with Gasteiger partial charge < -0.3 is 5.73 Å². The second kappa shape index (κ2) is 5.36. The lowest BCUT2D eigenvalue weighted by Crippen LogP contribution is -2.14. The van der Waals surface area contributed by atoms with Crippen molar-refractivity contribution >= 4 is 22.6 Å². The van der Waals surface area contributed by atoms with Gasteiger partial charge in [-0.2, -0.15) is 0 Å². The molecular formula is C15H15FIN. The fourth-order valence-electron chi connectivity index (χ4n) is 1.89. The second-order valence-corrected chi connectivity index (χ2v) is 5.54. The molecule has 1 nitrogen and oxygen atoms in total. The van der Waals surface area contributed by atoms with Gasteiger partial charge in [0.2, 0.25) is 0 Å². The van der Waals surface area contributed by atoms with E-state index in [1.54, 1.807) is 13.0 Å². The lowest BCUT2D eigenvalue weighted by Gasteiger charge is -2.16. The smallest absolute Gasteiger partial charge is 0.126 e. The van der Waals surface area contributed by atoms with E-state index in [0.29, 0.717) is 5.56 Å². The van der Waals surface area contributed by atoms with Gasteiger partial charge in [0, 0.05) is 3.57 Å². The summed E-state index contributed by atoms with van der Waals surface area (Å²) in [5.41, 5.74) is 9.92. The van der Waals surface area contributed by atoms with E-state index in [1.807, 2.05) is 31.2 Å². The minimum Gasteiger partial charge on any atom is -0.320 e. The zero-order chi connectivity index (χ0) is 13.3. The normalized spacial score (nSPS) is 12.5. The van der Waals surface area contributed by atoms with Crippen molar-refractivity contribution in [2.24, 2.45) is 5.73 Å². The van der Waals surface area contributed by atoms with E-state index in [0.717, 1.165) is 14.7 Å². The van der Waals surface area contributed by atoms with Crippen molar-refractivity contribution in [3.63, 3.8) is 0 Å². The molecule has 0 aliphatic heterocycles. The van der Waals surface area contributed by atoms with Gasteiger partial charge in [0.1, 0.15) is 5.82 Å². The minimum atomic E-state index is -0.285. The molecule has 0 aliphatic rings. The molecule has 0 aromatic heterocycles. The molecule has 0 heterocycles. The third-order valence-corrected chi connectivity index (χ3v) is 4.59. The van der Waals surface area contributed by atoms with E-state index >= 15 is 0 Å². The molecule has 1 atom stereocenters. The Morgan fingerprint density at radius 3 is 2.50 bits per heavy atom. The maximum Gasteiger partial charge on any atom is 0.126 e. The molecule has 0 saturated carbocycles. The molecule has 0 amide bonds. The van der Waals surface area contributed by atoms with Crippen molar-refractivity contribution in [2.45, 2.75) is 19.9 Å². The Labute approximate surface area is 120 Å². The lowest BCUT2D eigenvalue weighted by molar-refractivity contribution is 0.614. The van der Waals surface area contributed by atoms with Crippen LogP contribution in [0.2, 0.25) is 0 Å². The zero-order valence-corrected chi connectivity index (χ0v) is 12.5. The highest BCUT2D eigenvalue weighted by Crippen LogP contribution is 2.27. The quantitative estimate of drug-likeness (QED) is 0.807. The number of halogens is 2. The lowest BCUT2D eigenvalue weighted by atomic mass is 9.97. The summed E-state index contributed by atoms with van der Waals surface area (Å²) in [5.74, 6) is -0.203. The van der Waals surface area contributed by atoms with Crippen LogP contribution in [0.25, 0.3) is 0 Å². The van der Waals surface area contributed by atoms with Crippen LogP contribution in [0, 0.1) is 23.2 Å². The number of aryl methyl sites for hydroxylation is 2. The molecule has 0 saturated heterocycles. The summed E-state index contributed by atoms with van der Waals surface area (Å²) in [6.07, 6.45) is 0. The van der Waals surface area contributed by atoms with Gasteiger partial charge in [0.15, 0.2) is 0 Å². The monoisotopic (exact) mass is 355 g/mol. The largest absolute Gasteiger partial charge is 0.320 e. The van der Waals surface area contributed by atoms with Crippen LogP contribution in [0.15, 0.2) is 36.4 Å². The van der Waals surface area contributed by atoms with E-state index < -0.39 is 0 Å². The highest BCUT2D eigenvalue weighted by Gasteiger charge is 2.14. The predicted molar refractivity (Wildman–Crippen MR) is 81.1 cm³/mol. The molecule has 0 aliphatic carbocycles. The van der Waals surface area contributed by atoms with Gasteiger partial charge in [-0.3, -0.25) is 0 Å². The Morgan fingerprint density at radius 2 is 1.83 bits per heavy atom. The van der Waals surface area contributed by atoms with Crippen LogP contribution in [-0.4, -0.2) is 0 Å². The van der Waals surface area contributed by atoms with E-state index in [4.69, 9.17) is 5.73 Å². The second-order valence-electron chi connectivity index (χ2n) is 4.46. The first-order chi connectivity index (χ1) is 8.50. The highest BCUT2D eigenvalue weighted by atomic mass is 127. The Kier molecular flexibility index (Phi) is 4.02. The standard InChI is InChI=1S/C15H15FIN/c1-9-6-7-11(8-13(9)16)15(18)12-5-3-4-10(2)14(12)17/h3-8,15H,18H2,1-2H3. The number of rotatable bonds is 2. The molecule has 2 aromatic carbocycles. The third-order valence-electron chi connectivity index (χ3n) is 3.11. The Hall–Kier alpha value is -0.940. The molecule has 3 heteroatoms. The SMILES string of the molecule is Cc1ccc(C(N)c2cccc(C)c2I)cc1F. The summed E-state index contributed by atoms with van der Waals surface area (Å²) < 4.78 is 14.7. The molecule has 18 heavy (non-hydrogen) atoms. The molecule has 0 bridgehead atoms. The molecule has 2 rings (SSSR count). The van der Waals surface area contributed by atoms with Gasteiger partial charge in [-0.05, 0) is 64.8 Å². The van der Waals surface area contributed by atoms with Crippen molar-refractivity contribution < 1.29 is 4.39 Å². The van der Waals surface area contributed by atoms with Crippen LogP contribution >= 0.6 is 22.6 Å². The maximum atomic E-state index is 13.6. The molecule has 1 unspecified atom stereocenters. The fourth-order valence-corrected chi connectivity index (χ4v) is 2.59. The zero-order valence-electron chi connectivity index (χ0n) is 10.4. The first-order valence-electron chi connectivity index (χ1n) is 5.77. The molecule has 94 valence electrons. The highest BCUT2D eigenvalue weighted by molar-refractivity contribution is 14.1. The van der Waals surface area contributed by atoms with Crippen LogP contribution in [0.4, 0.5) is 4.39 Å².